The molecule has 23 heavy (non-hydrogen) atoms. The molecule has 3 aromatic rings. The Bertz CT molecular complexity index is 828. The van der Waals surface area contributed by atoms with Crippen molar-refractivity contribution in [3.63, 3.8) is 0 Å². The molecule has 0 saturated heterocycles. The van der Waals surface area contributed by atoms with Gasteiger partial charge in [-0.25, -0.2) is 9.67 Å². The number of ether oxygens (including phenoxy) is 1. The summed E-state index contributed by atoms with van der Waals surface area (Å²) in [6.07, 6.45) is 3.23. The SMILES string of the molecule is COc1cccc(NC(=O)c2cnn(-c3ccccn3)c2C)c1. The number of rotatable bonds is 4. The first-order valence-corrected chi connectivity index (χ1v) is 7.10. The molecule has 0 atom stereocenters. The molecule has 1 amide bonds. The van der Waals surface area contributed by atoms with Crippen LogP contribution < -0.4 is 10.1 Å². The van der Waals surface area contributed by atoms with Crippen LogP contribution in [-0.2, 0) is 0 Å². The van der Waals surface area contributed by atoms with E-state index >= 15 is 0 Å². The molecule has 116 valence electrons. The van der Waals surface area contributed by atoms with Gasteiger partial charge < -0.3 is 10.1 Å². The van der Waals surface area contributed by atoms with Gasteiger partial charge in [0.05, 0.1) is 24.6 Å². The minimum Gasteiger partial charge on any atom is -0.497 e. The summed E-state index contributed by atoms with van der Waals surface area (Å²) >= 11 is 0. The van der Waals surface area contributed by atoms with Gasteiger partial charge in [0.15, 0.2) is 5.82 Å². The molecule has 1 aromatic carbocycles. The quantitative estimate of drug-likeness (QED) is 0.804. The average molecular weight is 308 g/mol. The van der Waals surface area contributed by atoms with E-state index in [2.05, 4.69) is 15.4 Å². The largest absolute Gasteiger partial charge is 0.497 e. The molecule has 6 nitrogen and oxygen atoms in total. The van der Waals surface area contributed by atoms with Crippen molar-refractivity contribution >= 4 is 11.6 Å². The van der Waals surface area contributed by atoms with Gasteiger partial charge in [0, 0.05) is 18.0 Å². The summed E-state index contributed by atoms with van der Waals surface area (Å²) in [5.74, 6) is 1.13. The van der Waals surface area contributed by atoms with Crippen LogP contribution >= 0.6 is 0 Å². The van der Waals surface area contributed by atoms with Gasteiger partial charge in [0.1, 0.15) is 5.75 Å². The molecule has 0 aliphatic rings. The van der Waals surface area contributed by atoms with E-state index in [1.54, 1.807) is 36.3 Å². The minimum atomic E-state index is -0.224. The van der Waals surface area contributed by atoms with Gasteiger partial charge in [-0.15, -0.1) is 0 Å². The maximum absolute atomic E-state index is 12.5. The van der Waals surface area contributed by atoms with Gasteiger partial charge in [0.25, 0.3) is 5.91 Å². The first kappa shape index (κ1) is 14.8. The summed E-state index contributed by atoms with van der Waals surface area (Å²) in [4.78, 5) is 16.7. The Labute approximate surface area is 133 Å². The molecule has 0 aliphatic heterocycles. The van der Waals surface area contributed by atoms with Crippen molar-refractivity contribution < 1.29 is 9.53 Å². The van der Waals surface area contributed by atoms with E-state index < -0.39 is 0 Å². The molecule has 2 heterocycles. The van der Waals surface area contributed by atoms with Crippen LogP contribution in [0.15, 0.2) is 54.9 Å². The molecular weight excluding hydrogens is 292 g/mol. The molecule has 0 saturated carbocycles. The lowest BCUT2D eigenvalue weighted by atomic mass is 10.2. The zero-order valence-electron chi connectivity index (χ0n) is 12.9. The monoisotopic (exact) mass is 308 g/mol. The van der Waals surface area contributed by atoms with Crippen molar-refractivity contribution in [3.8, 4) is 11.6 Å². The maximum atomic E-state index is 12.5. The average Bonchev–Trinajstić information content (AvgIpc) is 2.97. The summed E-state index contributed by atoms with van der Waals surface area (Å²) < 4.78 is 6.79. The van der Waals surface area contributed by atoms with Crippen LogP contribution in [0.4, 0.5) is 5.69 Å². The van der Waals surface area contributed by atoms with E-state index in [0.29, 0.717) is 22.8 Å². The van der Waals surface area contributed by atoms with Gasteiger partial charge in [-0.2, -0.15) is 5.10 Å². The predicted octanol–water partition coefficient (Wildman–Crippen LogP) is 2.84. The minimum absolute atomic E-state index is 0.224. The second-order valence-corrected chi connectivity index (χ2v) is 4.93. The van der Waals surface area contributed by atoms with Crippen LogP contribution in [0.25, 0.3) is 5.82 Å². The number of methoxy groups -OCH3 is 1. The van der Waals surface area contributed by atoms with Crippen molar-refractivity contribution in [2.45, 2.75) is 6.92 Å². The topological polar surface area (TPSA) is 69.0 Å². The molecular formula is C17H16N4O2. The highest BCUT2D eigenvalue weighted by Crippen LogP contribution is 2.19. The van der Waals surface area contributed by atoms with Crippen molar-refractivity contribution in [1.29, 1.82) is 0 Å². The van der Waals surface area contributed by atoms with Gasteiger partial charge >= 0.3 is 0 Å². The Balaban J connectivity index is 1.84. The number of benzene rings is 1. The number of anilines is 1. The van der Waals surface area contributed by atoms with Crippen molar-refractivity contribution in [2.24, 2.45) is 0 Å². The zero-order valence-corrected chi connectivity index (χ0v) is 12.9. The predicted molar refractivity (Wildman–Crippen MR) is 87.0 cm³/mol. The normalized spacial score (nSPS) is 10.3. The molecule has 2 aromatic heterocycles. The van der Waals surface area contributed by atoms with E-state index in [9.17, 15) is 4.79 Å². The Morgan fingerprint density at radius 3 is 2.83 bits per heavy atom. The second kappa shape index (κ2) is 6.31. The number of hydrogen-bond donors (Lipinski definition) is 1. The summed E-state index contributed by atoms with van der Waals surface area (Å²) in [7, 11) is 1.59. The molecule has 0 spiro atoms. The lowest BCUT2D eigenvalue weighted by molar-refractivity contribution is 0.102. The lowest BCUT2D eigenvalue weighted by Crippen LogP contribution is -2.13. The van der Waals surface area contributed by atoms with Crippen molar-refractivity contribution in [1.82, 2.24) is 14.8 Å². The number of carbonyl (C=O) groups is 1. The van der Waals surface area contributed by atoms with Gasteiger partial charge in [-0.1, -0.05) is 12.1 Å². The number of pyridine rings is 1. The van der Waals surface area contributed by atoms with Crippen LogP contribution in [0.3, 0.4) is 0 Å². The van der Waals surface area contributed by atoms with Crippen LogP contribution in [0.5, 0.6) is 5.75 Å². The smallest absolute Gasteiger partial charge is 0.259 e. The fraction of sp³-hybridized carbons (Fsp3) is 0.118. The fourth-order valence-corrected chi connectivity index (χ4v) is 2.24. The van der Waals surface area contributed by atoms with E-state index in [0.717, 1.165) is 5.69 Å². The van der Waals surface area contributed by atoms with Crippen LogP contribution in [0, 0.1) is 6.92 Å². The lowest BCUT2D eigenvalue weighted by Gasteiger charge is -2.07. The molecule has 0 aliphatic carbocycles. The number of amides is 1. The first-order chi connectivity index (χ1) is 11.2. The van der Waals surface area contributed by atoms with E-state index in [1.165, 1.54) is 0 Å². The summed E-state index contributed by atoms with van der Waals surface area (Å²) in [6, 6.07) is 12.7. The third-order valence-electron chi connectivity index (χ3n) is 3.45. The van der Waals surface area contributed by atoms with E-state index in [4.69, 9.17) is 4.74 Å². The Kier molecular flexibility index (Phi) is 4.05. The Hall–Kier alpha value is -3.15. The third kappa shape index (κ3) is 3.06. The fourth-order valence-electron chi connectivity index (χ4n) is 2.24. The van der Waals surface area contributed by atoms with E-state index in [1.807, 2.05) is 37.3 Å². The molecule has 1 N–H and O–H groups in total. The molecule has 0 bridgehead atoms. The van der Waals surface area contributed by atoms with Gasteiger partial charge in [-0.3, -0.25) is 4.79 Å². The Morgan fingerprint density at radius 1 is 1.22 bits per heavy atom. The number of hydrogen-bond acceptors (Lipinski definition) is 4. The van der Waals surface area contributed by atoms with Crippen LogP contribution in [-0.4, -0.2) is 27.8 Å². The molecule has 0 radical (unpaired) electrons. The summed E-state index contributed by atoms with van der Waals surface area (Å²) in [5.41, 5.74) is 1.89. The summed E-state index contributed by atoms with van der Waals surface area (Å²) in [6.45, 7) is 1.84. The third-order valence-corrected chi connectivity index (χ3v) is 3.45. The number of nitrogens with zero attached hydrogens (tertiary/aromatic N) is 3. The van der Waals surface area contributed by atoms with Crippen LogP contribution in [0.1, 0.15) is 16.1 Å². The number of carbonyl (C=O) groups excluding carboxylic acids is 1. The number of aromatic nitrogens is 3. The van der Waals surface area contributed by atoms with Gasteiger partial charge in [0.2, 0.25) is 0 Å². The second-order valence-electron chi connectivity index (χ2n) is 4.93. The highest BCUT2D eigenvalue weighted by molar-refractivity contribution is 6.05. The van der Waals surface area contributed by atoms with Crippen molar-refractivity contribution in [2.75, 3.05) is 12.4 Å². The van der Waals surface area contributed by atoms with Crippen LogP contribution in [0.2, 0.25) is 0 Å². The number of nitrogens with one attached hydrogen (secondary N) is 1. The molecule has 0 fully saturated rings. The van der Waals surface area contributed by atoms with Gasteiger partial charge in [-0.05, 0) is 31.2 Å². The molecule has 0 unspecified atom stereocenters. The summed E-state index contributed by atoms with van der Waals surface area (Å²) in [5, 5.41) is 7.10. The molecule has 6 heteroatoms. The molecule has 3 rings (SSSR count). The first-order valence-electron chi connectivity index (χ1n) is 7.10. The Morgan fingerprint density at radius 2 is 2.09 bits per heavy atom. The highest BCUT2D eigenvalue weighted by Gasteiger charge is 2.15. The highest BCUT2D eigenvalue weighted by atomic mass is 16.5. The van der Waals surface area contributed by atoms with Crippen molar-refractivity contribution in [3.05, 3.63) is 66.1 Å². The zero-order chi connectivity index (χ0) is 16.2. The standard InChI is InChI=1S/C17H16N4O2/c1-12-15(11-19-21(12)16-8-3-4-9-18-16)17(22)20-13-6-5-7-14(10-13)23-2/h3-11H,1-2H3,(H,20,22). The van der Waals surface area contributed by atoms with E-state index in [-0.39, 0.29) is 5.91 Å². The maximum Gasteiger partial charge on any atom is 0.259 e.